The van der Waals surface area contributed by atoms with Crippen LogP contribution >= 0.6 is 11.6 Å². The predicted octanol–water partition coefficient (Wildman–Crippen LogP) is 3.03. The van der Waals surface area contributed by atoms with Crippen molar-refractivity contribution in [3.05, 3.63) is 59.1 Å². The van der Waals surface area contributed by atoms with Gasteiger partial charge in [-0.15, -0.1) is 0 Å². The molecule has 0 saturated carbocycles. The van der Waals surface area contributed by atoms with Crippen molar-refractivity contribution in [2.24, 2.45) is 5.92 Å². The van der Waals surface area contributed by atoms with Crippen molar-refractivity contribution >= 4 is 29.1 Å². The fourth-order valence-corrected chi connectivity index (χ4v) is 2.86. The number of hydrogen-bond acceptors (Lipinski definition) is 3. The van der Waals surface area contributed by atoms with E-state index in [1.54, 1.807) is 29.2 Å². The van der Waals surface area contributed by atoms with Crippen LogP contribution < -0.4 is 5.32 Å². The number of carbonyl (C=O) groups is 2. The maximum atomic E-state index is 12.3. The first-order valence-corrected chi connectivity index (χ1v) is 8.01. The highest BCUT2D eigenvalue weighted by Gasteiger charge is 2.34. The minimum atomic E-state index is -0.396. The van der Waals surface area contributed by atoms with Crippen molar-refractivity contribution in [1.82, 2.24) is 4.90 Å². The molecular formula is C18H17ClN2O3. The van der Waals surface area contributed by atoms with Gasteiger partial charge >= 0.3 is 0 Å². The van der Waals surface area contributed by atoms with Crippen molar-refractivity contribution in [1.29, 1.82) is 0 Å². The van der Waals surface area contributed by atoms with E-state index in [4.69, 9.17) is 11.6 Å². The number of benzene rings is 2. The normalized spacial score (nSPS) is 17.1. The van der Waals surface area contributed by atoms with Crippen molar-refractivity contribution in [3.63, 3.8) is 0 Å². The minimum absolute atomic E-state index is 0.0407. The summed E-state index contributed by atoms with van der Waals surface area (Å²) in [6.07, 6.45) is 0.193. The molecule has 3 rings (SSSR count). The molecule has 2 amide bonds. The van der Waals surface area contributed by atoms with E-state index >= 15 is 0 Å². The molecule has 2 N–H and O–H groups in total. The van der Waals surface area contributed by atoms with Crippen LogP contribution in [-0.4, -0.2) is 28.4 Å². The quantitative estimate of drug-likeness (QED) is 0.895. The molecule has 0 spiro atoms. The Hall–Kier alpha value is -2.53. The highest BCUT2D eigenvalue weighted by atomic mass is 35.5. The number of phenols is 1. The second-order valence-electron chi connectivity index (χ2n) is 5.84. The molecule has 1 heterocycles. The van der Waals surface area contributed by atoms with Crippen LogP contribution in [0.5, 0.6) is 5.75 Å². The maximum Gasteiger partial charge on any atom is 0.229 e. The molecule has 0 radical (unpaired) electrons. The van der Waals surface area contributed by atoms with Crippen molar-refractivity contribution in [3.8, 4) is 5.75 Å². The Bertz CT molecular complexity index is 761. The van der Waals surface area contributed by atoms with E-state index in [0.29, 0.717) is 23.8 Å². The van der Waals surface area contributed by atoms with Crippen LogP contribution in [-0.2, 0) is 16.1 Å². The number of rotatable bonds is 4. The van der Waals surface area contributed by atoms with E-state index in [1.165, 1.54) is 12.1 Å². The number of nitrogens with zero attached hydrogens (tertiary/aromatic N) is 1. The number of aromatic hydroxyl groups is 1. The van der Waals surface area contributed by atoms with Crippen LogP contribution in [0.4, 0.5) is 5.69 Å². The average molecular weight is 345 g/mol. The predicted molar refractivity (Wildman–Crippen MR) is 91.7 cm³/mol. The van der Waals surface area contributed by atoms with E-state index in [2.05, 4.69) is 5.32 Å². The first kappa shape index (κ1) is 16.3. The van der Waals surface area contributed by atoms with E-state index in [1.807, 2.05) is 12.1 Å². The zero-order valence-corrected chi connectivity index (χ0v) is 13.7. The molecule has 0 unspecified atom stereocenters. The third-order valence-corrected chi connectivity index (χ3v) is 4.24. The molecule has 0 aromatic heterocycles. The van der Waals surface area contributed by atoms with E-state index in [-0.39, 0.29) is 24.0 Å². The number of anilines is 1. The summed E-state index contributed by atoms with van der Waals surface area (Å²) < 4.78 is 0. The van der Waals surface area contributed by atoms with Gasteiger partial charge in [0, 0.05) is 36.3 Å². The monoisotopic (exact) mass is 344 g/mol. The van der Waals surface area contributed by atoms with Crippen LogP contribution in [0.25, 0.3) is 0 Å². The average Bonchev–Trinajstić information content (AvgIpc) is 2.91. The van der Waals surface area contributed by atoms with Crippen LogP contribution in [0.3, 0.4) is 0 Å². The second-order valence-corrected chi connectivity index (χ2v) is 6.28. The van der Waals surface area contributed by atoms with E-state index < -0.39 is 5.92 Å². The fraction of sp³-hybridized carbons (Fsp3) is 0.222. The molecule has 2 aromatic carbocycles. The van der Waals surface area contributed by atoms with Gasteiger partial charge in [-0.25, -0.2) is 0 Å². The molecule has 2 aromatic rings. The number of nitrogens with one attached hydrogen (secondary N) is 1. The molecule has 1 saturated heterocycles. The van der Waals surface area contributed by atoms with Gasteiger partial charge in [0.05, 0.1) is 5.92 Å². The van der Waals surface area contributed by atoms with Gasteiger partial charge < -0.3 is 15.3 Å². The summed E-state index contributed by atoms with van der Waals surface area (Å²) in [5.74, 6) is -0.569. The van der Waals surface area contributed by atoms with Crippen LogP contribution in [0.15, 0.2) is 48.5 Å². The molecular weight excluding hydrogens is 328 g/mol. The van der Waals surface area contributed by atoms with Crippen LogP contribution in [0.2, 0.25) is 5.02 Å². The van der Waals surface area contributed by atoms with Gasteiger partial charge in [0.2, 0.25) is 11.8 Å². The molecule has 6 heteroatoms. The molecule has 0 aliphatic carbocycles. The summed E-state index contributed by atoms with van der Waals surface area (Å²) in [5, 5.41) is 12.8. The standard InChI is InChI=1S/C18H17ClN2O3/c19-14-6-4-12(5-7-14)10-21-11-13(8-17(21)23)18(24)20-15-2-1-3-16(22)9-15/h1-7,9,13,22H,8,10-11H2,(H,20,24)/t13-/m1/s1. The third kappa shape index (κ3) is 3.86. The Morgan fingerprint density at radius 2 is 2.00 bits per heavy atom. The number of carbonyl (C=O) groups excluding carboxylic acids is 2. The second kappa shape index (κ2) is 6.93. The highest BCUT2D eigenvalue weighted by molar-refractivity contribution is 6.30. The first-order chi connectivity index (χ1) is 11.5. The van der Waals surface area contributed by atoms with Gasteiger partial charge in [-0.2, -0.15) is 0 Å². The third-order valence-electron chi connectivity index (χ3n) is 3.99. The van der Waals surface area contributed by atoms with Gasteiger partial charge in [0.15, 0.2) is 0 Å². The lowest BCUT2D eigenvalue weighted by molar-refractivity contribution is -0.128. The van der Waals surface area contributed by atoms with Gasteiger partial charge in [-0.3, -0.25) is 9.59 Å². The summed E-state index contributed by atoms with van der Waals surface area (Å²) in [6.45, 7) is 0.845. The molecule has 1 aliphatic heterocycles. The zero-order chi connectivity index (χ0) is 17.1. The minimum Gasteiger partial charge on any atom is -0.508 e. The summed E-state index contributed by atoms with van der Waals surface area (Å²) >= 11 is 5.86. The summed E-state index contributed by atoms with van der Waals surface area (Å²) in [7, 11) is 0. The summed E-state index contributed by atoms with van der Waals surface area (Å²) in [5.41, 5.74) is 1.49. The maximum absolute atomic E-state index is 12.3. The molecule has 1 atom stereocenters. The largest absolute Gasteiger partial charge is 0.508 e. The first-order valence-electron chi connectivity index (χ1n) is 7.63. The Morgan fingerprint density at radius 1 is 1.25 bits per heavy atom. The van der Waals surface area contributed by atoms with Crippen LogP contribution in [0.1, 0.15) is 12.0 Å². The Morgan fingerprint density at radius 3 is 2.71 bits per heavy atom. The fourth-order valence-electron chi connectivity index (χ4n) is 2.74. The SMILES string of the molecule is O=C(Nc1cccc(O)c1)[C@@H]1CC(=O)N(Cc2ccc(Cl)cc2)C1. The van der Waals surface area contributed by atoms with Crippen LogP contribution in [0, 0.1) is 5.92 Å². The Labute approximate surface area is 144 Å². The molecule has 5 nitrogen and oxygen atoms in total. The van der Waals surface area contributed by atoms with Gasteiger partial charge in [0.25, 0.3) is 0 Å². The lowest BCUT2D eigenvalue weighted by Crippen LogP contribution is -2.28. The molecule has 1 fully saturated rings. The highest BCUT2D eigenvalue weighted by Crippen LogP contribution is 2.23. The molecule has 0 bridgehead atoms. The van der Waals surface area contributed by atoms with Gasteiger partial charge in [-0.05, 0) is 29.8 Å². The molecule has 24 heavy (non-hydrogen) atoms. The Balaban J connectivity index is 1.61. The summed E-state index contributed by atoms with van der Waals surface area (Å²) in [4.78, 5) is 26.1. The van der Waals surface area contributed by atoms with E-state index in [9.17, 15) is 14.7 Å². The van der Waals surface area contributed by atoms with E-state index in [0.717, 1.165) is 5.56 Å². The number of amides is 2. The van der Waals surface area contributed by atoms with Crippen molar-refractivity contribution in [2.75, 3.05) is 11.9 Å². The number of likely N-dealkylation sites (tertiary alicyclic amines) is 1. The molecule has 1 aliphatic rings. The number of halogens is 1. The van der Waals surface area contributed by atoms with Gasteiger partial charge in [-0.1, -0.05) is 29.8 Å². The zero-order valence-electron chi connectivity index (χ0n) is 12.9. The topological polar surface area (TPSA) is 69.6 Å². The Kier molecular flexibility index (Phi) is 4.71. The number of phenolic OH excluding ortho intramolecular Hbond substituents is 1. The molecule has 124 valence electrons. The number of hydrogen-bond donors (Lipinski definition) is 2. The lowest BCUT2D eigenvalue weighted by Gasteiger charge is -2.16. The lowest BCUT2D eigenvalue weighted by atomic mass is 10.1. The summed E-state index contributed by atoms with van der Waals surface area (Å²) in [6, 6.07) is 13.7. The van der Waals surface area contributed by atoms with Crippen molar-refractivity contribution in [2.45, 2.75) is 13.0 Å². The smallest absolute Gasteiger partial charge is 0.229 e. The van der Waals surface area contributed by atoms with Gasteiger partial charge in [0.1, 0.15) is 5.75 Å². The van der Waals surface area contributed by atoms with Crippen molar-refractivity contribution < 1.29 is 14.7 Å².